The number of morpholine rings is 1. The van der Waals surface area contributed by atoms with Crippen molar-refractivity contribution in [1.29, 1.82) is 0 Å². The van der Waals surface area contributed by atoms with E-state index in [2.05, 4.69) is 37.4 Å². The number of aryl methyl sites for hydroxylation is 2. The van der Waals surface area contributed by atoms with Crippen molar-refractivity contribution in [2.75, 3.05) is 13.1 Å². The highest BCUT2D eigenvalue weighted by Crippen LogP contribution is 2.13. The summed E-state index contributed by atoms with van der Waals surface area (Å²) in [6, 6.07) is 6.20. The van der Waals surface area contributed by atoms with E-state index in [1.54, 1.807) is 4.90 Å². The number of rotatable bonds is 4. The van der Waals surface area contributed by atoms with Gasteiger partial charge in [-0.15, -0.1) is 0 Å². The normalized spacial score (nSPS) is 22.1. The highest BCUT2D eigenvalue weighted by molar-refractivity contribution is 5.81. The first-order valence-corrected chi connectivity index (χ1v) is 8.32. The third-order valence-corrected chi connectivity index (χ3v) is 4.06. The molecule has 0 unspecified atom stereocenters. The van der Waals surface area contributed by atoms with Gasteiger partial charge in [-0.25, -0.2) is 4.79 Å². The number of carbonyl (C=O) groups excluding carboxylic acids is 2. The molecule has 0 aliphatic carbocycles. The summed E-state index contributed by atoms with van der Waals surface area (Å²) in [5.74, 6) is -0.539. The molecule has 1 saturated heterocycles. The highest BCUT2D eigenvalue weighted by atomic mass is 16.5. The lowest BCUT2D eigenvalue weighted by molar-refractivity contribution is -0.139. The molecule has 0 radical (unpaired) electrons. The lowest BCUT2D eigenvalue weighted by Crippen LogP contribution is -2.56. The predicted octanol–water partition coefficient (Wildman–Crippen LogP) is 1.52. The van der Waals surface area contributed by atoms with E-state index in [4.69, 9.17) is 10.5 Å². The summed E-state index contributed by atoms with van der Waals surface area (Å²) in [6.45, 7) is 8.59. The second-order valence-electron chi connectivity index (χ2n) is 6.79. The third kappa shape index (κ3) is 4.96. The van der Waals surface area contributed by atoms with Crippen LogP contribution < -0.4 is 11.1 Å². The zero-order valence-electron chi connectivity index (χ0n) is 14.8. The van der Waals surface area contributed by atoms with Crippen LogP contribution in [0.25, 0.3) is 0 Å². The van der Waals surface area contributed by atoms with Gasteiger partial charge in [0.2, 0.25) is 5.91 Å². The van der Waals surface area contributed by atoms with Crippen LogP contribution in [0.1, 0.15) is 30.5 Å². The fourth-order valence-corrected chi connectivity index (χ4v) is 3.17. The number of benzene rings is 1. The number of nitrogens with one attached hydrogen (secondary N) is 1. The molecule has 3 atom stereocenters. The van der Waals surface area contributed by atoms with Gasteiger partial charge < -0.3 is 20.7 Å². The number of primary amides is 1. The number of ether oxygens (including phenoxy) is 1. The third-order valence-electron chi connectivity index (χ3n) is 4.06. The zero-order valence-corrected chi connectivity index (χ0v) is 14.8. The average molecular weight is 333 g/mol. The van der Waals surface area contributed by atoms with Gasteiger partial charge >= 0.3 is 6.03 Å². The fraction of sp³-hybridized carbons (Fsp3) is 0.556. The van der Waals surface area contributed by atoms with Crippen molar-refractivity contribution in [3.8, 4) is 0 Å². The fourth-order valence-electron chi connectivity index (χ4n) is 3.17. The minimum Gasteiger partial charge on any atom is -0.367 e. The molecule has 1 aromatic carbocycles. The van der Waals surface area contributed by atoms with Crippen molar-refractivity contribution in [1.82, 2.24) is 10.2 Å². The van der Waals surface area contributed by atoms with E-state index in [1.807, 2.05) is 13.8 Å². The molecule has 1 aromatic rings. The second-order valence-corrected chi connectivity index (χ2v) is 6.79. The average Bonchev–Trinajstić information content (AvgIpc) is 2.45. The number of carbonyl (C=O) groups is 2. The van der Waals surface area contributed by atoms with E-state index in [0.29, 0.717) is 6.54 Å². The molecule has 0 bridgehead atoms. The van der Waals surface area contributed by atoms with Gasteiger partial charge in [0, 0.05) is 12.6 Å². The Kier molecular flexibility index (Phi) is 5.83. The maximum Gasteiger partial charge on any atom is 0.317 e. The van der Waals surface area contributed by atoms with Crippen molar-refractivity contribution in [2.24, 2.45) is 5.73 Å². The van der Waals surface area contributed by atoms with E-state index in [0.717, 1.165) is 6.42 Å². The van der Waals surface area contributed by atoms with Gasteiger partial charge in [0.1, 0.15) is 0 Å². The molecule has 0 saturated carbocycles. The molecule has 24 heavy (non-hydrogen) atoms. The van der Waals surface area contributed by atoms with Crippen LogP contribution in [0.5, 0.6) is 0 Å². The van der Waals surface area contributed by atoms with Crippen molar-refractivity contribution >= 4 is 11.9 Å². The zero-order chi connectivity index (χ0) is 17.9. The quantitative estimate of drug-likeness (QED) is 0.876. The first-order chi connectivity index (χ1) is 11.2. The van der Waals surface area contributed by atoms with Crippen LogP contribution in [0, 0.1) is 13.8 Å². The summed E-state index contributed by atoms with van der Waals surface area (Å²) in [7, 11) is 0. The van der Waals surface area contributed by atoms with Crippen LogP contribution in [0.3, 0.4) is 0 Å². The predicted molar refractivity (Wildman–Crippen MR) is 92.7 cm³/mol. The summed E-state index contributed by atoms with van der Waals surface area (Å²) >= 11 is 0. The Hall–Kier alpha value is -2.08. The molecular formula is C18H27N3O3. The van der Waals surface area contributed by atoms with Gasteiger partial charge in [-0.1, -0.05) is 29.3 Å². The largest absolute Gasteiger partial charge is 0.367 e. The first kappa shape index (κ1) is 18.3. The molecule has 6 nitrogen and oxygen atoms in total. The Morgan fingerprint density at radius 3 is 2.50 bits per heavy atom. The Morgan fingerprint density at radius 2 is 1.92 bits per heavy atom. The molecule has 0 aromatic heterocycles. The van der Waals surface area contributed by atoms with Crippen molar-refractivity contribution in [2.45, 2.75) is 52.4 Å². The lowest BCUT2D eigenvalue weighted by atomic mass is 10.0. The van der Waals surface area contributed by atoms with Gasteiger partial charge in [0.15, 0.2) is 6.10 Å². The molecule has 1 aliphatic rings. The van der Waals surface area contributed by atoms with Gasteiger partial charge in [-0.05, 0) is 39.7 Å². The summed E-state index contributed by atoms with van der Waals surface area (Å²) in [6.07, 6.45) is -0.195. The molecule has 1 heterocycles. The summed E-state index contributed by atoms with van der Waals surface area (Å²) in [4.78, 5) is 25.4. The van der Waals surface area contributed by atoms with E-state index in [1.165, 1.54) is 16.7 Å². The first-order valence-electron chi connectivity index (χ1n) is 8.32. The molecule has 0 spiro atoms. The minimum absolute atomic E-state index is 0.0103. The minimum atomic E-state index is -0.741. The molecule has 132 valence electrons. The summed E-state index contributed by atoms with van der Waals surface area (Å²) in [5.41, 5.74) is 8.94. The van der Waals surface area contributed by atoms with Crippen molar-refractivity contribution < 1.29 is 14.3 Å². The van der Waals surface area contributed by atoms with Crippen LogP contribution in [-0.4, -0.2) is 48.2 Å². The Balaban J connectivity index is 1.94. The summed E-state index contributed by atoms with van der Waals surface area (Å²) < 4.78 is 5.46. The van der Waals surface area contributed by atoms with E-state index in [-0.39, 0.29) is 24.7 Å². The van der Waals surface area contributed by atoms with E-state index < -0.39 is 12.0 Å². The highest BCUT2D eigenvalue weighted by Gasteiger charge is 2.31. The maximum atomic E-state index is 12.5. The monoisotopic (exact) mass is 333 g/mol. The number of nitrogens with zero attached hydrogens (tertiary/aromatic N) is 1. The van der Waals surface area contributed by atoms with E-state index >= 15 is 0 Å². The molecular weight excluding hydrogens is 306 g/mol. The Morgan fingerprint density at radius 1 is 1.29 bits per heavy atom. The SMILES string of the molecule is Cc1cc(C)cc(C[C@@H](C)NC(=O)N2C[C@@H](C)O[C@H](C(N)=O)C2)c1. The van der Waals surface area contributed by atoms with Crippen LogP contribution >= 0.6 is 0 Å². The molecule has 3 amide bonds. The topological polar surface area (TPSA) is 84.7 Å². The lowest BCUT2D eigenvalue weighted by Gasteiger charge is -2.36. The number of hydrogen-bond acceptors (Lipinski definition) is 3. The van der Waals surface area contributed by atoms with Gasteiger partial charge in [0.25, 0.3) is 0 Å². The second kappa shape index (κ2) is 7.66. The molecule has 6 heteroatoms. The standard InChI is InChI=1S/C18H27N3O3/c1-11-5-12(2)7-15(6-11)8-13(3)20-18(23)21-9-14(4)24-16(10-21)17(19)22/h5-7,13-14,16H,8-10H2,1-4H3,(H2,19,22)(H,20,23)/t13-,14-,16+/m1/s1. The van der Waals surface area contributed by atoms with Crippen molar-refractivity contribution in [3.63, 3.8) is 0 Å². The van der Waals surface area contributed by atoms with Gasteiger partial charge in [-0.2, -0.15) is 0 Å². The number of hydrogen-bond donors (Lipinski definition) is 2. The van der Waals surface area contributed by atoms with E-state index in [9.17, 15) is 9.59 Å². The Labute approximate surface area is 143 Å². The number of urea groups is 1. The molecule has 1 aliphatic heterocycles. The summed E-state index contributed by atoms with van der Waals surface area (Å²) in [5, 5.41) is 3.00. The van der Waals surface area contributed by atoms with Gasteiger partial charge in [0.05, 0.1) is 12.6 Å². The molecule has 2 rings (SSSR count). The van der Waals surface area contributed by atoms with Crippen LogP contribution in [0.15, 0.2) is 18.2 Å². The number of nitrogens with two attached hydrogens (primary N) is 1. The number of amides is 3. The van der Waals surface area contributed by atoms with Gasteiger partial charge in [-0.3, -0.25) is 4.79 Å². The molecule has 3 N–H and O–H groups in total. The Bertz CT molecular complexity index is 597. The van der Waals surface area contributed by atoms with Crippen LogP contribution in [-0.2, 0) is 16.0 Å². The maximum absolute atomic E-state index is 12.5. The van der Waals surface area contributed by atoms with Crippen molar-refractivity contribution in [3.05, 3.63) is 34.9 Å². The van der Waals surface area contributed by atoms with Crippen LogP contribution in [0.4, 0.5) is 4.79 Å². The molecule has 1 fully saturated rings. The van der Waals surface area contributed by atoms with Crippen LogP contribution in [0.2, 0.25) is 0 Å². The smallest absolute Gasteiger partial charge is 0.317 e.